The normalized spacial score (nSPS) is 10.9. The Morgan fingerprint density at radius 1 is 0.730 bits per heavy atom. The van der Waals surface area contributed by atoms with Crippen LogP contribution in [0.2, 0.25) is 0 Å². The predicted molar refractivity (Wildman–Crippen MR) is 150 cm³/mol. The third kappa shape index (κ3) is 6.16. The molecule has 0 spiro atoms. The molecular weight excluding hydrogens is 476 g/mol. The SMILES string of the molecule is O=C(CSc1nnc(-c2ccccc2)n1-c1ccccc1)NCCC(c1ccccc1)c1ccccc1. The van der Waals surface area contributed by atoms with Crippen LogP contribution in [0.3, 0.4) is 0 Å². The van der Waals surface area contributed by atoms with Gasteiger partial charge in [0.15, 0.2) is 11.0 Å². The van der Waals surface area contributed by atoms with Gasteiger partial charge in [-0.2, -0.15) is 0 Å². The number of hydrogen-bond donors (Lipinski definition) is 1. The summed E-state index contributed by atoms with van der Waals surface area (Å²) in [6, 6.07) is 40.9. The zero-order valence-electron chi connectivity index (χ0n) is 20.4. The van der Waals surface area contributed by atoms with Gasteiger partial charge >= 0.3 is 0 Å². The Labute approximate surface area is 221 Å². The molecule has 0 fully saturated rings. The van der Waals surface area contributed by atoms with E-state index in [1.165, 1.54) is 22.9 Å². The van der Waals surface area contributed by atoms with Gasteiger partial charge in [0, 0.05) is 23.7 Å². The lowest BCUT2D eigenvalue weighted by Crippen LogP contribution is -2.27. The number of hydrogen-bond acceptors (Lipinski definition) is 4. The standard InChI is InChI=1S/C31H28N4OS/c36-29(32-22-21-28(24-13-5-1-6-14-24)25-15-7-2-8-16-25)23-37-31-34-33-30(26-17-9-3-10-18-26)35(31)27-19-11-4-12-20-27/h1-20,28H,21-23H2,(H,32,36). The Morgan fingerprint density at radius 3 is 1.86 bits per heavy atom. The number of carbonyl (C=O) groups excluding carboxylic acids is 1. The van der Waals surface area contributed by atoms with Crippen molar-refractivity contribution in [3.63, 3.8) is 0 Å². The van der Waals surface area contributed by atoms with E-state index in [4.69, 9.17) is 0 Å². The fourth-order valence-electron chi connectivity index (χ4n) is 4.38. The summed E-state index contributed by atoms with van der Waals surface area (Å²) >= 11 is 1.39. The van der Waals surface area contributed by atoms with Crippen LogP contribution >= 0.6 is 11.8 Å². The first-order valence-electron chi connectivity index (χ1n) is 12.4. The molecule has 5 aromatic rings. The number of para-hydroxylation sites is 1. The van der Waals surface area contributed by atoms with E-state index in [0.717, 1.165) is 23.5 Å². The summed E-state index contributed by atoms with van der Waals surface area (Å²) in [5.41, 5.74) is 4.44. The van der Waals surface area contributed by atoms with Crippen LogP contribution in [0, 0.1) is 0 Å². The topological polar surface area (TPSA) is 59.8 Å². The molecule has 0 aliphatic heterocycles. The summed E-state index contributed by atoms with van der Waals surface area (Å²) in [6.07, 6.45) is 0.822. The number of nitrogens with zero attached hydrogens (tertiary/aromatic N) is 3. The van der Waals surface area contributed by atoms with E-state index in [-0.39, 0.29) is 17.6 Å². The van der Waals surface area contributed by atoms with Gasteiger partial charge in [0.25, 0.3) is 0 Å². The first-order valence-corrected chi connectivity index (χ1v) is 13.3. The van der Waals surface area contributed by atoms with E-state index < -0.39 is 0 Å². The van der Waals surface area contributed by atoms with Crippen LogP contribution in [0.1, 0.15) is 23.5 Å². The number of rotatable bonds is 10. The number of amides is 1. The van der Waals surface area contributed by atoms with Gasteiger partial charge in [-0.15, -0.1) is 10.2 Å². The van der Waals surface area contributed by atoms with Gasteiger partial charge in [0.2, 0.25) is 5.91 Å². The highest BCUT2D eigenvalue weighted by atomic mass is 32.2. The van der Waals surface area contributed by atoms with Gasteiger partial charge < -0.3 is 5.32 Å². The summed E-state index contributed by atoms with van der Waals surface area (Å²) in [4.78, 5) is 12.8. The molecule has 1 N–H and O–H groups in total. The molecule has 0 atom stereocenters. The molecule has 37 heavy (non-hydrogen) atoms. The summed E-state index contributed by atoms with van der Waals surface area (Å²) in [5, 5.41) is 12.7. The highest BCUT2D eigenvalue weighted by molar-refractivity contribution is 7.99. The molecule has 5 nitrogen and oxygen atoms in total. The van der Waals surface area contributed by atoms with Crippen LogP contribution in [0.4, 0.5) is 0 Å². The van der Waals surface area contributed by atoms with Crippen LogP contribution in [0.5, 0.6) is 0 Å². The molecule has 5 rings (SSSR count). The van der Waals surface area contributed by atoms with Crippen molar-refractivity contribution < 1.29 is 4.79 Å². The molecule has 1 aromatic heterocycles. The van der Waals surface area contributed by atoms with E-state index in [9.17, 15) is 4.79 Å². The van der Waals surface area contributed by atoms with Crippen LogP contribution in [0.25, 0.3) is 17.1 Å². The van der Waals surface area contributed by atoms with Crippen molar-refractivity contribution in [3.05, 3.63) is 132 Å². The van der Waals surface area contributed by atoms with Crippen molar-refractivity contribution in [2.75, 3.05) is 12.3 Å². The molecule has 0 unspecified atom stereocenters. The molecular formula is C31H28N4OS. The Balaban J connectivity index is 1.25. The van der Waals surface area contributed by atoms with Gasteiger partial charge in [-0.05, 0) is 29.7 Å². The number of aromatic nitrogens is 3. The van der Waals surface area contributed by atoms with Gasteiger partial charge in [0.05, 0.1) is 5.75 Å². The molecule has 0 aliphatic carbocycles. The van der Waals surface area contributed by atoms with Crippen molar-refractivity contribution in [2.45, 2.75) is 17.5 Å². The average Bonchev–Trinajstić information content (AvgIpc) is 3.40. The Kier molecular flexibility index (Phi) is 8.08. The first kappa shape index (κ1) is 24.5. The number of thioether (sulfide) groups is 1. The van der Waals surface area contributed by atoms with E-state index in [1.54, 1.807) is 0 Å². The number of carbonyl (C=O) groups is 1. The minimum atomic E-state index is -0.0197. The van der Waals surface area contributed by atoms with E-state index in [2.05, 4.69) is 64.0 Å². The summed E-state index contributed by atoms with van der Waals surface area (Å²) in [6.45, 7) is 0.592. The van der Waals surface area contributed by atoms with Gasteiger partial charge in [-0.3, -0.25) is 9.36 Å². The second-order valence-electron chi connectivity index (χ2n) is 8.64. The molecule has 0 radical (unpaired) electrons. The number of benzene rings is 4. The fourth-order valence-corrected chi connectivity index (χ4v) is 5.16. The van der Waals surface area contributed by atoms with Gasteiger partial charge in [-0.25, -0.2) is 0 Å². The Morgan fingerprint density at radius 2 is 1.27 bits per heavy atom. The zero-order chi connectivity index (χ0) is 25.3. The fraction of sp³-hybridized carbons (Fsp3) is 0.129. The van der Waals surface area contributed by atoms with E-state index in [0.29, 0.717) is 11.7 Å². The number of nitrogens with one attached hydrogen (secondary N) is 1. The molecule has 0 aliphatic rings. The molecule has 4 aromatic carbocycles. The molecule has 0 bridgehead atoms. The maximum Gasteiger partial charge on any atom is 0.230 e. The van der Waals surface area contributed by atoms with Crippen LogP contribution in [-0.2, 0) is 4.79 Å². The lowest BCUT2D eigenvalue weighted by molar-refractivity contribution is -0.118. The molecule has 0 saturated heterocycles. The van der Waals surface area contributed by atoms with Crippen molar-refractivity contribution >= 4 is 17.7 Å². The molecule has 184 valence electrons. The Bertz CT molecular complexity index is 1370. The van der Waals surface area contributed by atoms with Crippen molar-refractivity contribution in [1.29, 1.82) is 0 Å². The average molecular weight is 505 g/mol. The van der Waals surface area contributed by atoms with E-state index in [1.807, 2.05) is 77.4 Å². The smallest absolute Gasteiger partial charge is 0.230 e. The first-order chi connectivity index (χ1) is 18.3. The van der Waals surface area contributed by atoms with Gasteiger partial charge in [-0.1, -0.05) is 121 Å². The van der Waals surface area contributed by atoms with Crippen molar-refractivity contribution in [1.82, 2.24) is 20.1 Å². The second-order valence-corrected chi connectivity index (χ2v) is 9.59. The Hall–Kier alpha value is -4.16. The lowest BCUT2D eigenvalue weighted by Gasteiger charge is -2.18. The minimum absolute atomic E-state index is 0.0197. The van der Waals surface area contributed by atoms with Gasteiger partial charge in [0.1, 0.15) is 0 Å². The maximum atomic E-state index is 12.8. The summed E-state index contributed by atoms with van der Waals surface area (Å²) < 4.78 is 2.01. The largest absolute Gasteiger partial charge is 0.355 e. The zero-order valence-corrected chi connectivity index (χ0v) is 21.2. The summed E-state index contributed by atoms with van der Waals surface area (Å²) in [7, 11) is 0. The van der Waals surface area contributed by atoms with Crippen molar-refractivity contribution in [3.8, 4) is 17.1 Å². The summed E-state index contributed by atoms with van der Waals surface area (Å²) in [5.74, 6) is 1.23. The molecule has 6 heteroatoms. The molecule has 1 amide bonds. The van der Waals surface area contributed by atoms with Crippen LogP contribution in [-0.4, -0.2) is 33.0 Å². The third-order valence-electron chi connectivity index (χ3n) is 6.17. The minimum Gasteiger partial charge on any atom is -0.355 e. The van der Waals surface area contributed by atoms with E-state index >= 15 is 0 Å². The van der Waals surface area contributed by atoms with Crippen LogP contribution < -0.4 is 5.32 Å². The predicted octanol–water partition coefficient (Wildman–Crippen LogP) is 6.36. The quantitative estimate of drug-likeness (QED) is 0.225. The highest BCUT2D eigenvalue weighted by Crippen LogP contribution is 2.29. The molecule has 0 saturated carbocycles. The van der Waals surface area contributed by atoms with Crippen LogP contribution in [0.15, 0.2) is 126 Å². The highest BCUT2D eigenvalue weighted by Gasteiger charge is 2.18. The monoisotopic (exact) mass is 504 g/mol. The molecule has 1 heterocycles. The van der Waals surface area contributed by atoms with Crippen molar-refractivity contribution in [2.24, 2.45) is 0 Å². The second kappa shape index (κ2) is 12.2. The third-order valence-corrected chi connectivity index (χ3v) is 7.10. The maximum absolute atomic E-state index is 12.8. The lowest BCUT2D eigenvalue weighted by atomic mass is 9.88.